The van der Waals surface area contributed by atoms with Crippen LogP contribution in [-0.4, -0.2) is 24.5 Å². The Kier molecular flexibility index (Phi) is 4.16. The fourth-order valence-electron chi connectivity index (χ4n) is 0.390. The lowest BCUT2D eigenvalue weighted by molar-refractivity contribution is -0.142. The number of carbonyl (C=O) groups is 2. The van der Waals surface area contributed by atoms with Gasteiger partial charge in [0, 0.05) is 6.92 Å². The highest BCUT2D eigenvalue weighted by Crippen LogP contribution is 1.81. The first-order chi connectivity index (χ1) is 5.07. The van der Waals surface area contributed by atoms with Crippen LogP contribution in [0.1, 0.15) is 6.92 Å². The van der Waals surface area contributed by atoms with Crippen LogP contribution in [0.25, 0.3) is 0 Å². The molecule has 1 amide bonds. The highest BCUT2D eigenvalue weighted by molar-refractivity contribution is 5.81. The minimum absolute atomic E-state index is 0.154. The molecule has 0 aliphatic rings. The van der Waals surface area contributed by atoms with Crippen molar-refractivity contribution < 1.29 is 14.3 Å². The monoisotopic (exact) mass is 161 g/mol. The second-order valence-corrected chi connectivity index (χ2v) is 1.92. The molecule has 6 nitrogen and oxygen atoms in total. The number of nitrogens with one attached hydrogen (secondary N) is 1. The molecule has 0 radical (unpaired) electrons. The molecule has 6 heteroatoms. The summed E-state index contributed by atoms with van der Waals surface area (Å²) in [6.45, 7) is 1.07. The van der Waals surface area contributed by atoms with Gasteiger partial charge in [-0.1, -0.05) is 0 Å². The molecule has 0 saturated carbocycles. The van der Waals surface area contributed by atoms with E-state index in [2.05, 4.69) is 4.74 Å². The molecule has 1 atom stereocenters. The van der Waals surface area contributed by atoms with Crippen molar-refractivity contribution in [2.45, 2.75) is 13.0 Å². The van der Waals surface area contributed by atoms with Gasteiger partial charge < -0.3 is 10.5 Å². The number of ether oxygens (including phenoxy) is 1. The topological polar surface area (TPSA) is 107 Å². The van der Waals surface area contributed by atoms with Crippen LogP contribution in [0, 0.1) is 0 Å². The molecule has 0 rings (SSSR count). The van der Waals surface area contributed by atoms with Crippen LogP contribution in [0.4, 0.5) is 0 Å². The van der Waals surface area contributed by atoms with Gasteiger partial charge in [0.15, 0.2) is 0 Å². The number of hydrogen-bond acceptors (Lipinski definition) is 5. The summed E-state index contributed by atoms with van der Waals surface area (Å²) >= 11 is 0. The van der Waals surface area contributed by atoms with Gasteiger partial charge in [-0.3, -0.25) is 15.0 Å². The maximum Gasteiger partial charge on any atom is 0.302 e. The van der Waals surface area contributed by atoms with Gasteiger partial charge >= 0.3 is 5.97 Å². The molecular weight excluding hydrogens is 150 g/mol. The van der Waals surface area contributed by atoms with E-state index in [1.165, 1.54) is 6.92 Å². The molecule has 0 saturated heterocycles. The van der Waals surface area contributed by atoms with Gasteiger partial charge in [-0.25, -0.2) is 5.84 Å². The Morgan fingerprint density at radius 3 is 2.55 bits per heavy atom. The first kappa shape index (κ1) is 9.86. The van der Waals surface area contributed by atoms with E-state index in [1.54, 1.807) is 0 Å². The van der Waals surface area contributed by atoms with Crippen LogP contribution in [0.3, 0.4) is 0 Å². The van der Waals surface area contributed by atoms with Crippen LogP contribution < -0.4 is 17.0 Å². The summed E-state index contributed by atoms with van der Waals surface area (Å²) in [5.74, 6) is 3.71. The van der Waals surface area contributed by atoms with E-state index in [4.69, 9.17) is 11.6 Å². The van der Waals surface area contributed by atoms with Crippen LogP contribution in [0.2, 0.25) is 0 Å². The highest BCUT2D eigenvalue weighted by Gasteiger charge is 2.12. The van der Waals surface area contributed by atoms with Gasteiger partial charge in [0.05, 0.1) is 0 Å². The molecule has 64 valence electrons. The summed E-state index contributed by atoms with van der Waals surface area (Å²) in [5.41, 5.74) is 7.04. The van der Waals surface area contributed by atoms with Crippen molar-refractivity contribution in [3.63, 3.8) is 0 Å². The van der Waals surface area contributed by atoms with Crippen LogP contribution in [-0.2, 0) is 14.3 Å². The first-order valence-electron chi connectivity index (χ1n) is 2.97. The fourth-order valence-corrected chi connectivity index (χ4v) is 0.390. The molecule has 0 aromatic carbocycles. The third kappa shape index (κ3) is 4.29. The fraction of sp³-hybridized carbons (Fsp3) is 0.600. The molecule has 0 bridgehead atoms. The van der Waals surface area contributed by atoms with Crippen LogP contribution in [0.15, 0.2) is 0 Å². The predicted octanol–water partition coefficient (Wildman–Crippen LogP) is -2.13. The summed E-state index contributed by atoms with van der Waals surface area (Å²) < 4.78 is 4.45. The van der Waals surface area contributed by atoms with E-state index in [0.29, 0.717) is 0 Å². The Labute approximate surface area is 63.8 Å². The molecule has 0 spiro atoms. The van der Waals surface area contributed by atoms with E-state index < -0.39 is 17.9 Å². The molecule has 0 fully saturated rings. The number of hydrazine groups is 1. The normalized spacial score (nSPS) is 11.9. The molecule has 0 aliphatic heterocycles. The zero-order valence-electron chi connectivity index (χ0n) is 6.16. The standard InChI is InChI=1S/C5H11N3O3/c1-3(9)11-2-4(6)5(10)8-7/h4H,2,6-7H2,1H3,(H,8,10). The van der Waals surface area contributed by atoms with E-state index in [1.807, 2.05) is 5.43 Å². The van der Waals surface area contributed by atoms with Gasteiger partial charge in [0.1, 0.15) is 12.6 Å². The average molecular weight is 161 g/mol. The van der Waals surface area contributed by atoms with E-state index >= 15 is 0 Å². The van der Waals surface area contributed by atoms with Crippen molar-refractivity contribution in [2.24, 2.45) is 11.6 Å². The maximum atomic E-state index is 10.6. The molecule has 0 aromatic rings. The Bertz CT molecular complexity index is 159. The molecule has 0 aliphatic carbocycles. The average Bonchev–Trinajstić information content (AvgIpc) is 1.98. The molecule has 0 heterocycles. The van der Waals surface area contributed by atoms with Gasteiger partial charge in [-0.05, 0) is 0 Å². The minimum atomic E-state index is -0.899. The lowest BCUT2D eigenvalue weighted by atomic mass is 10.3. The highest BCUT2D eigenvalue weighted by atomic mass is 16.5. The summed E-state index contributed by atoms with van der Waals surface area (Å²) in [6.07, 6.45) is 0. The molecular formula is C5H11N3O3. The summed E-state index contributed by atoms with van der Waals surface area (Å²) in [4.78, 5) is 20.8. The minimum Gasteiger partial charge on any atom is -0.464 e. The zero-order chi connectivity index (χ0) is 8.85. The second kappa shape index (κ2) is 4.64. The number of nitrogens with two attached hydrogens (primary N) is 2. The Morgan fingerprint density at radius 1 is 1.64 bits per heavy atom. The Morgan fingerprint density at radius 2 is 2.18 bits per heavy atom. The number of esters is 1. The van der Waals surface area contributed by atoms with Gasteiger partial charge in [0.25, 0.3) is 5.91 Å². The summed E-state index contributed by atoms with van der Waals surface area (Å²) in [6, 6.07) is -0.899. The maximum absolute atomic E-state index is 10.6. The summed E-state index contributed by atoms with van der Waals surface area (Å²) in [7, 11) is 0. The van der Waals surface area contributed by atoms with Crippen molar-refractivity contribution in [2.75, 3.05) is 6.61 Å². The van der Waals surface area contributed by atoms with Crippen LogP contribution in [0.5, 0.6) is 0 Å². The van der Waals surface area contributed by atoms with Gasteiger partial charge in [-0.2, -0.15) is 0 Å². The van der Waals surface area contributed by atoms with Crippen molar-refractivity contribution in [3.8, 4) is 0 Å². The molecule has 0 aromatic heterocycles. The summed E-state index contributed by atoms with van der Waals surface area (Å²) in [5, 5.41) is 0. The number of carbonyl (C=O) groups excluding carboxylic acids is 2. The lowest BCUT2D eigenvalue weighted by Gasteiger charge is -2.08. The van der Waals surface area contributed by atoms with E-state index in [-0.39, 0.29) is 6.61 Å². The van der Waals surface area contributed by atoms with Crippen molar-refractivity contribution in [3.05, 3.63) is 0 Å². The lowest BCUT2D eigenvalue weighted by Crippen LogP contribution is -2.46. The predicted molar refractivity (Wildman–Crippen MR) is 36.9 cm³/mol. The Hall–Kier alpha value is -1.14. The number of amides is 1. The second-order valence-electron chi connectivity index (χ2n) is 1.92. The van der Waals surface area contributed by atoms with E-state index in [0.717, 1.165) is 0 Å². The van der Waals surface area contributed by atoms with Crippen molar-refractivity contribution >= 4 is 11.9 Å². The zero-order valence-corrected chi connectivity index (χ0v) is 6.16. The largest absolute Gasteiger partial charge is 0.464 e. The molecule has 11 heavy (non-hydrogen) atoms. The third-order valence-corrected chi connectivity index (χ3v) is 0.945. The third-order valence-electron chi connectivity index (χ3n) is 0.945. The smallest absolute Gasteiger partial charge is 0.302 e. The van der Waals surface area contributed by atoms with Gasteiger partial charge in [0.2, 0.25) is 0 Å². The molecule has 1 unspecified atom stereocenters. The molecule has 5 N–H and O–H groups in total. The SMILES string of the molecule is CC(=O)OCC(N)C(=O)NN. The van der Waals surface area contributed by atoms with Crippen LogP contribution >= 0.6 is 0 Å². The first-order valence-corrected chi connectivity index (χ1v) is 2.97. The Balaban J connectivity index is 3.60. The van der Waals surface area contributed by atoms with Gasteiger partial charge in [-0.15, -0.1) is 0 Å². The van der Waals surface area contributed by atoms with Crippen molar-refractivity contribution in [1.82, 2.24) is 5.43 Å². The number of rotatable bonds is 3. The quantitative estimate of drug-likeness (QED) is 0.189. The number of hydrogen-bond donors (Lipinski definition) is 3. The van der Waals surface area contributed by atoms with Crippen molar-refractivity contribution in [1.29, 1.82) is 0 Å². The van der Waals surface area contributed by atoms with E-state index in [9.17, 15) is 9.59 Å².